The van der Waals surface area contributed by atoms with Gasteiger partial charge in [-0.1, -0.05) is 30.3 Å². The highest BCUT2D eigenvalue weighted by Gasteiger charge is 2.24. The van der Waals surface area contributed by atoms with Crippen LogP contribution in [0.25, 0.3) is 0 Å². The van der Waals surface area contributed by atoms with Gasteiger partial charge in [0, 0.05) is 6.54 Å². The van der Waals surface area contributed by atoms with E-state index in [1.54, 1.807) is 0 Å². The predicted molar refractivity (Wildman–Crippen MR) is 79.6 cm³/mol. The fourth-order valence-electron chi connectivity index (χ4n) is 2.19. The molecule has 1 saturated heterocycles. The highest BCUT2D eigenvalue weighted by molar-refractivity contribution is 5.68. The van der Waals surface area contributed by atoms with Gasteiger partial charge in [-0.3, -0.25) is 0 Å². The Labute approximate surface area is 121 Å². The number of carbonyl (C=O) groups excluding carboxylic acids is 1. The Morgan fingerprint density at radius 1 is 1.30 bits per heavy atom. The lowest BCUT2D eigenvalue weighted by molar-refractivity contribution is 0.0479. The van der Waals surface area contributed by atoms with Crippen molar-refractivity contribution >= 4 is 6.09 Å². The summed E-state index contributed by atoms with van der Waals surface area (Å²) in [6.07, 6.45) is 0.889. The fraction of sp³-hybridized carbons (Fsp3) is 0.562. The first kappa shape index (κ1) is 14.9. The van der Waals surface area contributed by atoms with Gasteiger partial charge in [-0.05, 0) is 45.8 Å². The lowest BCUT2D eigenvalue weighted by Crippen LogP contribution is -2.45. The van der Waals surface area contributed by atoms with E-state index in [4.69, 9.17) is 4.74 Å². The molecule has 1 heterocycles. The minimum atomic E-state index is -0.470. The second-order valence-electron chi connectivity index (χ2n) is 6.26. The Morgan fingerprint density at radius 2 is 1.95 bits per heavy atom. The van der Waals surface area contributed by atoms with Crippen LogP contribution in [-0.4, -0.2) is 36.2 Å². The molecule has 0 spiro atoms. The molecule has 0 saturated carbocycles. The minimum Gasteiger partial charge on any atom is -0.444 e. The maximum absolute atomic E-state index is 12.0. The van der Waals surface area contributed by atoms with Gasteiger partial charge in [-0.25, -0.2) is 4.79 Å². The van der Waals surface area contributed by atoms with E-state index in [1.165, 1.54) is 6.42 Å². The van der Waals surface area contributed by atoms with Crippen LogP contribution in [-0.2, 0) is 4.74 Å². The minimum absolute atomic E-state index is 0.0219. The van der Waals surface area contributed by atoms with Crippen molar-refractivity contribution < 1.29 is 9.53 Å². The van der Waals surface area contributed by atoms with Crippen LogP contribution in [0.5, 0.6) is 0 Å². The van der Waals surface area contributed by atoms with Crippen molar-refractivity contribution in [2.45, 2.75) is 38.8 Å². The van der Waals surface area contributed by atoms with Crippen LogP contribution >= 0.6 is 0 Å². The lowest BCUT2D eigenvalue weighted by atomic mass is 10.0. The van der Waals surface area contributed by atoms with E-state index < -0.39 is 5.60 Å². The van der Waals surface area contributed by atoms with Crippen molar-refractivity contribution in [1.82, 2.24) is 10.2 Å². The van der Waals surface area contributed by atoms with Gasteiger partial charge >= 0.3 is 6.09 Å². The van der Waals surface area contributed by atoms with Crippen molar-refractivity contribution in [3.8, 4) is 0 Å². The molecule has 1 atom stereocenters. The third-order valence-electron chi connectivity index (χ3n) is 3.28. The highest BCUT2D eigenvalue weighted by Crippen LogP contribution is 2.18. The molecule has 0 bridgehead atoms. The number of nitrogens with one attached hydrogen (secondary N) is 1. The predicted octanol–water partition coefficient (Wildman–Crippen LogP) is 2.96. The summed E-state index contributed by atoms with van der Waals surface area (Å²) in [6.45, 7) is 8.68. The lowest BCUT2D eigenvalue weighted by Gasteiger charge is -2.34. The third kappa shape index (κ3) is 4.53. The molecule has 20 heavy (non-hydrogen) atoms. The zero-order valence-corrected chi connectivity index (χ0v) is 12.6. The van der Waals surface area contributed by atoms with E-state index in [0.717, 1.165) is 25.2 Å². The van der Waals surface area contributed by atoms with Crippen molar-refractivity contribution in [2.24, 2.45) is 0 Å². The van der Waals surface area contributed by atoms with E-state index in [2.05, 4.69) is 10.2 Å². The van der Waals surface area contributed by atoms with E-state index in [9.17, 15) is 4.79 Å². The maximum Gasteiger partial charge on any atom is 0.408 e. The quantitative estimate of drug-likeness (QED) is 0.919. The van der Waals surface area contributed by atoms with Crippen LogP contribution in [0.4, 0.5) is 4.79 Å². The van der Waals surface area contributed by atoms with Gasteiger partial charge in [0.25, 0.3) is 0 Å². The Hall–Kier alpha value is -1.55. The van der Waals surface area contributed by atoms with E-state index in [1.807, 2.05) is 51.1 Å². The van der Waals surface area contributed by atoms with Crippen molar-refractivity contribution in [2.75, 3.05) is 19.6 Å². The van der Waals surface area contributed by atoms with Crippen LogP contribution in [0.1, 0.15) is 38.8 Å². The molecule has 0 aliphatic carbocycles. The smallest absolute Gasteiger partial charge is 0.408 e. The highest BCUT2D eigenvalue weighted by atomic mass is 16.6. The summed E-state index contributed by atoms with van der Waals surface area (Å²) >= 11 is 0. The van der Waals surface area contributed by atoms with E-state index in [-0.39, 0.29) is 12.1 Å². The first-order valence-corrected chi connectivity index (χ1v) is 7.21. The topological polar surface area (TPSA) is 41.6 Å². The molecule has 110 valence electrons. The molecule has 1 fully saturated rings. The van der Waals surface area contributed by atoms with Gasteiger partial charge in [-0.15, -0.1) is 0 Å². The largest absolute Gasteiger partial charge is 0.444 e. The van der Waals surface area contributed by atoms with Crippen molar-refractivity contribution in [3.05, 3.63) is 35.9 Å². The van der Waals surface area contributed by atoms with Crippen molar-refractivity contribution in [1.29, 1.82) is 0 Å². The number of carbonyl (C=O) groups is 1. The molecule has 0 unspecified atom stereocenters. The summed E-state index contributed by atoms with van der Waals surface area (Å²) in [4.78, 5) is 14.3. The molecule has 0 aromatic heterocycles. The average molecular weight is 276 g/mol. The Balaban J connectivity index is 2.00. The summed E-state index contributed by atoms with van der Waals surface area (Å²) in [5, 5.41) is 2.99. The number of alkyl carbamates (subject to hydrolysis) is 1. The van der Waals surface area contributed by atoms with Crippen molar-refractivity contribution in [3.63, 3.8) is 0 Å². The molecule has 0 radical (unpaired) electrons. The summed E-state index contributed by atoms with van der Waals surface area (Å²) in [6, 6.07) is 10.0. The molecule has 1 aromatic rings. The van der Waals surface area contributed by atoms with Crippen LogP contribution in [0.15, 0.2) is 30.3 Å². The number of likely N-dealkylation sites (tertiary alicyclic amines) is 1. The number of hydrogen-bond acceptors (Lipinski definition) is 3. The Bertz CT molecular complexity index is 436. The summed E-state index contributed by atoms with van der Waals surface area (Å²) in [7, 11) is 0. The Morgan fingerprint density at radius 3 is 2.45 bits per heavy atom. The van der Waals surface area contributed by atoms with Gasteiger partial charge < -0.3 is 15.0 Å². The summed E-state index contributed by atoms with van der Waals surface area (Å²) < 4.78 is 5.35. The van der Waals surface area contributed by atoms with E-state index >= 15 is 0 Å². The van der Waals surface area contributed by atoms with Crippen LogP contribution < -0.4 is 5.32 Å². The standard InChI is InChI=1S/C16H24N2O2/c1-16(2,3)20-15(19)17-14(12-18-10-7-11-18)13-8-5-4-6-9-13/h4-6,8-9,14H,7,10-12H2,1-3H3,(H,17,19)/t14-/m1/s1. The molecule has 1 amide bonds. The first-order chi connectivity index (χ1) is 9.44. The maximum atomic E-state index is 12.0. The van der Waals surface area contributed by atoms with Gasteiger partial charge in [0.2, 0.25) is 0 Å². The van der Waals surface area contributed by atoms with Crippen LogP contribution in [0, 0.1) is 0 Å². The number of nitrogens with zero attached hydrogens (tertiary/aromatic N) is 1. The van der Waals surface area contributed by atoms with Crippen LogP contribution in [0.2, 0.25) is 0 Å². The third-order valence-corrected chi connectivity index (χ3v) is 3.28. The zero-order chi connectivity index (χ0) is 14.6. The summed E-state index contributed by atoms with van der Waals surface area (Å²) in [5.41, 5.74) is 0.646. The number of benzene rings is 1. The number of amides is 1. The molecule has 1 aliphatic heterocycles. The molecule has 4 heteroatoms. The van der Waals surface area contributed by atoms with Gasteiger partial charge in [-0.2, -0.15) is 0 Å². The molecule has 1 N–H and O–H groups in total. The van der Waals surface area contributed by atoms with Gasteiger partial charge in [0.15, 0.2) is 0 Å². The molecule has 1 aliphatic rings. The van der Waals surface area contributed by atoms with E-state index in [0.29, 0.717) is 0 Å². The molecular weight excluding hydrogens is 252 g/mol. The summed E-state index contributed by atoms with van der Waals surface area (Å²) in [5.74, 6) is 0. The number of ether oxygens (including phenoxy) is 1. The molecule has 2 rings (SSSR count). The monoisotopic (exact) mass is 276 g/mol. The number of rotatable bonds is 4. The van der Waals surface area contributed by atoms with Crippen LogP contribution in [0.3, 0.4) is 0 Å². The molecule has 4 nitrogen and oxygen atoms in total. The average Bonchev–Trinajstić information content (AvgIpc) is 2.31. The van der Waals surface area contributed by atoms with Gasteiger partial charge in [0.1, 0.15) is 5.60 Å². The number of hydrogen-bond donors (Lipinski definition) is 1. The molecular formula is C16H24N2O2. The second-order valence-corrected chi connectivity index (χ2v) is 6.26. The molecule has 1 aromatic carbocycles. The fourth-order valence-corrected chi connectivity index (χ4v) is 2.19. The zero-order valence-electron chi connectivity index (χ0n) is 12.6. The SMILES string of the molecule is CC(C)(C)OC(=O)N[C@H](CN1CCC1)c1ccccc1. The Kier molecular flexibility index (Phi) is 4.65. The van der Waals surface area contributed by atoms with Gasteiger partial charge in [0.05, 0.1) is 6.04 Å². The normalized spacial score (nSPS) is 17.1. The second kappa shape index (κ2) is 6.27. The first-order valence-electron chi connectivity index (χ1n) is 7.21.